The first kappa shape index (κ1) is 24.4. The van der Waals surface area contributed by atoms with Crippen molar-refractivity contribution in [1.29, 1.82) is 0 Å². The average molecular weight is 457 g/mol. The number of ether oxygens (including phenoxy) is 2. The molecule has 2 N–H and O–H groups in total. The lowest BCUT2D eigenvalue weighted by atomic mass is 9.98. The number of nitrogens with zero attached hydrogens (tertiary/aromatic N) is 2. The Bertz CT molecular complexity index is 903. The van der Waals surface area contributed by atoms with Crippen molar-refractivity contribution in [2.75, 3.05) is 26.8 Å². The quantitative estimate of drug-likeness (QED) is 0.496. The molecule has 1 aromatic carbocycles. The molecule has 9 heteroatoms. The van der Waals surface area contributed by atoms with Crippen molar-refractivity contribution >= 4 is 17.8 Å². The van der Waals surface area contributed by atoms with Gasteiger partial charge in [-0.3, -0.25) is 14.4 Å². The number of methoxy groups -OCH3 is 1. The van der Waals surface area contributed by atoms with Gasteiger partial charge >= 0.3 is 5.97 Å². The fourth-order valence-electron chi connectivity index (χ4n) is 4.19. The molecular weight excluding hydrogens is 424 g/mol. The van der Waals surface area contributed by atoms with E-state index < -0.39 is 12.1 Å². The topological polar surface area (TPSA) is 114 Å². The van der Waals surface area contributed by atoms with Gasteiger partial charge < -0.3 is 24.7 Å². The summed E-state index contributed by atoms with van der Waals surface area (Å²) in [7, 11) is 1.27. The SMILES string of the molecule is CC[C@H]1CCN(C(=O)Cc2cnc[nH]2)C1CO[C@@H](Cc1ccccc1)C(=O)NCC(=O)OC. The van der Waals surface area contributed by atoms with E-state index in [4.69, 9.17) is 4.74 Å². The third kappa shape index (κ3) is 6.89. The Labute approximate surface area is 193 Å². The number of imidazole rings is 1. The van der Waals surface area contributed by atoms with E-state index in [-0.39, 0.29) is 37.4 Å². The molecule has 0 spiro atoms. The molecule has 0 radical (unpaired) electrons. The summed E-state index contributed by atoms with van der Waals surface area (Å²) in [5.41, 5.74) is 1.71. The Hall–Kier alpha value is -3.20. The third-order valence-electron chi connectivity index (χ3n) is 6.09. The molecule has 2 aromatic rings. The Balaban J connectivity index is 1.68. The minimum absolute atomic E-state index is 0.0125. The van der Waals surface area contributed by atoms with Crippen molar-refractivity contribution in [1.82, 2.24) is 20.2 Å². The van der Waals surface area contributed by atoms with Crippen LogP contribution in [-0.2, 0) is 36.7 Å². The first-order valence-electron chi connectivity index (χ1n) is 11.3. The van der Waals surface area contributed by atoms with Crippen LogP contribution in [0.1, 0.15) is 31.0 Å². The van der Waals surface area contributed by atoms with E-state index in [0.29, 0.717) is 18.9 Å². The van der Waals surface area contributed by atoms with Gasteiger partial charge in [0.15, 0.2) is 0 Å². The highest BCUT2D eigenvalue weighted by Gasteiger charge is 2.37. The summed E-state index contributed by atoms with van der Waals surface area (Å²) in [5, 5.41) is 2.59. The summed E-state index contributed by atoms with van der Waals surface area (Å²) in [6.45, 7) is 2.79. The first-order chi connectivity index (χ1) is 16.0. The Morgan fingerprint density at radius 2 is 2.06 bits per heavy atom. The van der Waals surface area contributed by atoms with Gasteiger partial charge in [-0.2, -0.15) is 0 Å². The molecule has 0 bridgehead atoms. The van der Waals surface area contributed by atoms with Crippen LogP contribution < -0.4 is 5.32 Å². The van der Waals surface area contributed by atoms with Crippen LogP contribution >= 0.6 is 0 Å². The van der Waals surface area contributed by atoms with Crippen molar-refractivity contribution in [3.05, 3.63) is 54.1 Å². The number of nitrogens with one attached hydrogen (secondary N) is 2. The summed E-state index contributed by atoms with van der Waals surface area (Å²) in [6.07, 6.45) is 4.84. The molecule has 0 aliphatic carbocycles. The summed E-state index contributed by atoms with van der Waals surface area (Å²) in [4.78, 5) is 46.0. The highest BCUT2D eigenvalue weighted by Crippen LogP contribution is 2.28. The number of carbonyl (C=O) groups excluding carboxylic acids is 3. The van der Waals surface area contributed by atoms with E-state index in [1.807, 2.05) is 35.2 Å². The zero-order valence-corrected chi connectivity index (χ0v) is 19.2. The van der Waals surface area contributed by atoms with Gasteiger partial charge in [-0.25, -0.2) is 4.98 Å². The minimum atomic E-state index is -0.792. The molecule has 3 rings (SSSR count). The Kier molecular flexibility index (Phi) is 9.00. The molecule has 3 atom stereocenters. The summed E-state index contributed by atoms with van der Waals surface area (Å²) in [5.74, 6) is -0.602. The van der Waals surface area contributed by atoms with Gasteiger partial charge in [0.1, 0.15) is 12.6 Å². The van der Waals surface area contributed by atoms with Gasteiger partial charge in [0, 0.05) is 24.9 Å². The highest BCUT2D eigenvalue weighted by atomic mass is 16.5. The molecule has 2 amide bonds. The molecule has 1 aromatic heterocycles. The van der Waals surface area contributed by atoms with Crippen molar-refractivity contribution in [3.63, 3.8) is 0 Å². The van der Waals surface area contributed by atoms with Crippen molar-refractivity contribution < 1.29 is 23.9 Å². The lowest BCUT2D eigenvalue weighted by Crippen LogP contribution is -2.45. The van der Waals surface area contributed by atoms with Gasteiger partial charge in [-0.15, -0.1) is 0 Å². The van der Waals surface area contributed by atoms with E-state index in [0.717, 1.165) is 24.1 Å². The van der Waals surface area contributed by atoms with E-state index in [1.165, 1.54) is 7.11 Å². The Morgan fingerprint density at radius 3 is 2.73 bits per heavy atom. The second-order valence-corrected chi connectivity index (χ2v) is 8.17. The van der Waals surface area contributed by atoms with E-state index in [2.05, 4.69) is 26.9 Å². The number of benzene rings is 1. The van der Waals surface area contributed by atoms with Gasteiger partial charge in [-0.05, 0) is 17.9 Å². The smallest absolute Gasteiger partial charge is 0.325 e. The van der Waals surface area contributed by atoms with Crippen LogP contribution in [0.4, 0.5) is 0 Å². The minimum Gasteiger partial charge on any atom is -0.468 e. The Morgan fingerprint density at radius 1 is 1.27 bits per heavy atom. The van der Waals surface area contributed by atoms with Gasteiger partial charge in [0.25, 0.3) is 0 Å². The summed E-state index contributed by atoms with van der Waals surface area (Å²) in [6, 6.07) is 9.45. The molecule has 1 fully saturated rings. The molecule has 178 valence electrons. The lowest BCUT2D eigenvalue weighted by Gasteiger charge is -2.29. The number of amides is 2. The van der Waals surface area contributed by atoms with E-state index >= 15 is 0 Å². The first-order valence-corrected chi connectivity index (χ1v) is 11.3. The van der Waals surface area contributed by atoms with E-state index in [1.54, 1.807) is 12.5 Å². The fraction of sp³-hybridized carbons (Fsp3) is 0.500. The van der Waals surface area contributed by atoms with Crippen LogP contribution in [0, 0.1) is 5.92 Å². The lowest BCUT2D eigenvalue weighted by molar-refractivity contribution is -0.144. The molecule has 1 aliphatic rings. The van der Waals surface area contributed by atoms with Crippen LogP contribution in [0.25, 0.3) is 0 Å². The second-order valence-electron chi connectivity index (χ2n) is 8.17. The summed E-state index contributed by atoms with van der Waals surface area (Å²) < 4.78 is 10.7. The van der Waals surface area contributed by atoms with Crippen LogP contribution in [-0.4, -0.2) is 71.6 Å². The van der Waals surface area contributed by atoms with Crippen LogP contribution in [0.2, 0.25) is 0 Å². The molecule has 1 aliphatic heterocycles. The van der Waals surface area contributed by atoms with Crippen molar-refractivity contribution in [2.24, 2.45) is 5.92 Å². The van der Waals surface area contributed by atoms with Crippen molar-refractivity contribution in [2.45, 2.75) is 44.8 Å². The predicted octanol–water partition coefficient (Wildman–Crippen LogP) is 1.50. The average Bonchev–Trinajstić information content (AvgIpc) is 3.50. The van der Waals surface area contributed by atoms with Gasteiger partial charge in [0.05, 0.1) is 32.5 Å². The normalized spacial score (nSPS) is 18.7. The molecule has 9 nitrogen and oxygen atoms in total. The van der Waals surface area contributed by atoms with Crippen molar-refractivity contribution in [3.8, 4) is 0 Å². The molecule has 2 heterocycles. The van der Waals surface area contributed by atoms with Crippen LogP contribution in [0.15, 0.2) is 42.9 Å². The van der Waals surface area contributed by atoms with Crippen LogP contribution in [0.5, 0.6) is 0 Å². The third-order valence-corrected chi connectivity index (χ3v) is 6.09. The standard InChI is InChI=1S/C24H32N4O5/c1-3-18-9-10-28(22(29)12-19-13-25-16-27-19)20(18)15-33-21(11-17-7-5-4-6-8-17)24(31)26-14-23(30)32-2/h4-8,13,16,18,20-21H,3,9-12,14-15H2,1-2H3,(H,25,27)(H,26,31)/t18-,20?,21-/m0/s1. The fourth-order valence-corrected chi connectivity index (χ4v) is 4.19. The molecule has 1 saturated heterocycles. The highest BCUT2D eigenvalue weighted by molar-refractivity contribution is 5.85. The number of hydrogen-bond acceptors (Lipinski definition) is 6. The van der Waals surface area contributed by atoms with Gasteiger partial charge in [0.2, 0.25) is 11.8 Å². The monoisotopic (exact) mass is 456 g/mol. The number of H-pyrrole nitrogens is 1. The number of likely N-dealkylation sites (tertiary alicyclic amines) is 1. The molecule has 0 saturated carbocycles. The summed E-state index contributed by atoms with van der Waals surface area (Å²) >= 11 is 0. The molecule has 33 heavy (non-hydrogen) atoms. The van der Waals surface area contributed by atoms with Crippen LogP contribution in [0.3, 0.4) is 0 Å². The number of aromatic nitrogens is 2. The second kappa shape index (κ2) is 12.2. The number of hydrogen-bond donors (Lipinski definition) is 2. The predicted molar refractivity (Wildman–Crippen MR) is 121 cm³/mol. The number of carbonyl (C=O) groups is 3. The largest absolute Gasteiger partial charge is 0.468 e. The molecular formula is C24H32N4O5. The zero-order chi connectivity index (χ0) is 23.6. The number of esters is 1. The maximum Gasteiger partial charge on any atom is 0.325 e. The van der Waals surface area contributed by atoms with Gasteiger partial charge in [-0.1, -0.05) is 43.7 Å². The molecule has 1 unspecified atom stereocenters. The maximum absolute atomic E-state index is 13.0. The van der Waals surface area contributed by atoms with E-state index in [9.17, 15) is 14.4 Å². The maximum atomic E-state index is 13.0. The number of rotatable bonds is 11. The zero-order valence-electron chi connectivity index (χ0n) is 19.2. The number of aromatic amines is 1.